The van der Waals surface area contributed by atoms with Gasteiger partial charge >= 0.3 is 11.9 Å². The van der Waals surface area contributed by atoms with Gasteiger partial charge in [0.1, 0.15) is 12.3 Å². The van der Waals surface area contributed by atoms with Crippen LogP contribution < -0.4 is 0 Å². The average Bonchev–Trinajstić information content (AvgIpc) is 3.60. The van der Waals surface area contributed by atoms with Gasteiger partial charge in [-0.15, -0.1) is 12.6 Å². The summed E-state index contributed by atoms with van der Waals surface area (Å²) in [6.45, 7) is 13.1. The molecule has 0 bridgehead atoms. The molecule has 18 atom stereocenters. The number of allylic oxidation sites excluding steroid dienone is 8. The zero-order valence-corrected chi connectivity index (χ0v) is 39.6. The number of rotatable bonds is 6. The zero-order chi connectivity index (χ0) is 48.4. The topological polar surface area (TPSA) is 182 Å². The van der Waals surface area contributed by atoms with E-state index in [0.717, 1.165) is 12.2 Å². The molecule has 0 aromatic rings. The second kappa shape index (κ2) is 16.3. The summed E-state index contributed by atoms with van der Waals surface area (Å²) in [7, 11) is 0. The third kappa shape index (κ3) is 6.31. The van der Waals surface area contributed by atoms with Crippen molar-refractivity contribution in [3.63, 3.8) is 0 Å². The van der Waals surface area contributed by atoms with Crippen molar-refractivity contribution in [3.8, 4) is 0 Å². The van der Waals surface area contributed by atoms with Crippen LogP contribution in [-0.4, -0.2) is 95.6 Å². The molecule has 8 aliphatic rings. The van der Waals surface area contributed by atoms with Gasteiger partial charge in [0, 0.05) is 58.2 Å². The molecule has 0 saturated heterocycles. The van der Waals surface area contributed by atoms with Gasteiger partial charge in [0.15, 0.2) is 34.1 Å². The Balaban J connectivity index is 0.000000194. The number of thiol groups is 1. The van der Waals surface area contributed by atoms with E-state index in [4.69, 9.17) is 9.47 Å². The van der Waals surface area contributed by atoms with E-state index >= 15 is 17.6 Å². The number of fused-ring (bicyclic) bond motifs is 10. The predicted octanol–water partition coefficient (Wildman–Crippen LogP) is 7.68. The molecule has 0 aromatic heterocycles. The zero-order valence-electron chi connectivity index (χ0n) is 37.9. The minimum Gasteiger partial charge on any atom is -0.449 e. The highest BCUT2D eigenvalue weighted by atomic mass is 32.2. The molecule has 0 aromatic carbocycles. The molecule has 0 heterocycles. The molecule has 17 heteroatoms. The number of aliphatic hydroxyl groups is 2. The lowest BCUT2D eigenvalue weighted by Gasteiger charge is -2.63. The summed E-state index contributed by atoms with van der Waals surface area (Å²) < 4.78 is 86.4. The summed E-state index contributed by atoms with van der Waals surface area (Å²) in [5, 5.41) is 21.2. The fourth-order valence-corrected chi connectivity index (χ4v) is 16.2. The van der Waals surface area contributed by atoms with Crippen molar-refractivity contribution < 1.29 is 70.6 Å². The third-order valence-electron chi connectivity index (χ3n) is 18.2. The molecule has 0 aliphatic heterocycles. The normalized spacial score (nSPS) is 49.0. The Bertz CT molecular complexity index is 2220. The number of hydrogen-bond acceptors (Lipinski definition) is 12. The molecule has 358 valence electrons. The second-order valence-corrected chi connectivity index (χ2v) is 21.8. The third-order valence-corrected chi connectivity index (χ3v) is 19.0. The summed E-state index contributed by atoms with van der Waals surface area (Å²) in [6.07, 6.45) is 0.851. The van der Waals surface area contributed by atoms with E-state index in [0.29, 0.717) is 6.42 Å². The van der Waals surface area contributed by atoms with Crippen molar-refractivity contribution in [3.05, 3.63) is 47.6 Å². The van der Waals surface area contributed by atoms with Gasteiger partial charge in [-0.25, -0.2) is 17.6 Å². The van der Waals surface area contributed by atoms with Gasteiger partial charge in [0.05, 0.1) is 24.3 Å². The van der Waals surface area contributed by atoms with Crippen LogP contribution in [0.3, 0.4) is 0 Å². The van der Waals surface area contributed by atoms with Gasteiger partial charge in [-0.05, 0) is 99.7 Å². The first-order valence-corrected chi connectivity index (χ1v) is 23.8. The number of aliphatic hydroxyl groups excluding tert-OH is 2. The molecule has 0 radical (unpaired) electrons. The van der Waals surface area contributed by atoms with E-state index in [-0.39, 0.29) is 68.1 Å². The number of ketones is 2. The van der Waals surface area contributed by atoms with Crippen molar-refractivity contribution in [2.75, 3.05) is 0 Å². The van der Waals surface area contributed by atoms with Crippen LogP contribution in [0.1, 0.15) is 107 Å². The highest BCUT2D eigenvalue weighted by molar-refractivity contribution is 8.09. The standard InChI is InChI=1S/C24H30F2O6S.C24H30F2O5S/c1-5-19(29)32-24(20(30)33-31)12(2)8-14-15-10-17(25)16-9-13(27)6-7-21(16,3)23(15,26)18(28)11-22(14,24)4;1-5-19(29)31-24(20(30)32)12(2)8-14-15-10-17(25)16-9-13(27)6-7-21(16,3)23(15,26)18(28)11-22(14,24)4/h6-7,9,12,14-15,17-18,28,31H,5,8,10-11H2,1-4H3;6-7,9,12,14-15,17-18,28H,5,8,10-11H2,1-4H3,(H,30,32)/t2*12-,14?,15?,17+,18+,21+,22+,23+,24+/m11/s1. The minimum absolute atomic E-state index is 0.00474. The maximum absolute atomic E-state index is 17.2. The van der Waals surface area contributed by atoms with Crippen LogP contribution in [0.15, 0.2) is 47.6 Å². The Kier molecular flexibility index (Phi) is 12.4. The molecule has 8 rings (SSSR count). The van der Waals surface area contributed by atoms with Crippen LogP contribution in [0, 0.1) is 57.2 Å². The quantitative estimate of drug-likeness (QED) is 0.0884. The van der Waals surface area contributed by atoms with Crippen molar-refractivity contribution in [1.29, 1.82) is 0 Å². The first-order valence-electron chi connectivity index (χ1n) is 22.6. The summed E-state index contributed by atoms with van der Waals surface area (Å²) in [6, 6.07) is 0. The molecule has 4 unspecified atom stereocenters. The molecule has 0 amide bonds. The molecular weight excluding hydrogens is 893 g/mol. The molecule has 11 nitrogen and oxygen atoms in total. The van der Waals surface area contributed by atoms with Crippen LogP contribution in [0.4, 0.5) is 17.6 Å². The van der Waals surface area contributed by atoms with Gasteiger partial charge in [-0.2, -0.15) is 0 Å². The molecule has 6 saturated carbocycles. The Morgan fingerprint density at radius 3 is 1.43 bits per heavy atom. The van der Waals surface area contributed by atoms with E-state index in [9.17, 15) is 43.5 Å². The summed E-state index contributed by atoms with van der Waals surface area (Å²) in [4.78, 5) is 74.6. The first-order chi connectivity index (χ1) is 30.1. The Morgan fingerprint density at radius 1 is 0.692 bits per heavy atom. The predicted molar refractivity (Wildman–Crippen MR) is 234 cm³/mol. The van der Waals surface area contributed by atoms with E-state index in [1.165, 1.54) is 38.2 Å². The molecule has 6 fully saturated rings. The fraction of sp³-hybridized carbons (Fsp3) is 0.708. The van der Waals surface area contributed by atoms with Gasteiger partial charge < -0.3 is 24.2 Å². The maximum atomic E-state index is 17.2. The Morgan fingerprint density at radius 2 is 1.06 bits per heavy atom. The number of carbonyl (C=O) groups excluding carboxylic acids is 6. The summed E-state index contributed by atoms with van der Waals surface area (Å²) >= 11 is 4.04. The van der Waals surface area contributed by atoms with Crippen molar-refractivity contribution in [1.82, 2.24) is 0 Å². The Hall–Kier alpha value is -3.12. The number of esters is 2. The van der Waals surface area contributed by atoms with Crippen molar-refractivity contribution in [2.24, 2.45) is 57.2 Å². The molecule has 8 aliphatic carbocycles. The van der Waals surface area contributed by atoms with Crippen LogP contribution >= 0.6 is 24.7 Å². The highest BCUT2D eigenvalue weighted by Gasteiger charge is 2.80. The van der Waals surface area contributed by atoms with Crippen LogP contribution in [0.5, 0.6) is 0 Å². The lowest BCUT2D eigenvalue weighted by molar-refractivity contribution is -0.228. The van der Waals surface area contributed by atoms with Crippen LogP contribution in [0.25, 0.3) is 0 Å². The Labute approximate surface area is 386 Å². The summed E-state index contributed by atoms with van der Waals surface area (Å²) in [5.74, 6) is -6.20. The SMILES string of the molecule is CCC(=O)O[C@]1(C(=O)S)[C@H](C)CC2C3C[C@H](F)C4=CC(=O)C=C[C@]4(C)[C@@]3(F)[C@@H](O)C[C@@]21C.CCC(=O)O[C@]1(C(=O)SO)[C@H](C)CC2C3C[C@H](F)C4=CC(=O)C=C[C@]4(C)[C@@]3(F)[C@@H](O)C[C@@]21C. The van der Waals surface area contributed by atoms with Gasteiger partial charge in [0.25, 0.3) is 5.12 Å². The van der Waals surface area contributed by atoms with Gasteiger partial charge in [-0.1, -0.05) is 53.7 Å². The molecular formula is C48H60F4O11S2. The van der Waals surface area contributed by atoms with E-state index in [2.05, 4.69) is 12.6 Å². The lowest BCUT2D eigenvalue weighted by atomic mass is 9.44. The monoisotopic (exact) mass is 952 g/mol. The van der Waals surface area contributed by atoms with E-state index < -0.39 is 138 Å². The van der Waals surface area contributed by atoms with Crippen LogP contribution in [0.2, 0.25) is 0 Å². The summed E-state index contributed by atoms with van der Waals surface area (Å²) in [5.41, 5.74) is -13.3. The van der Waals surface area contributed by atoms with E-state index in [1.54, 1.807) is 41.5 Å². The van der Waals surface area contributed by atoms with Gasteiger partial charge in [0.2, 0.25) is 5.12 Å². The highest BCUT2D eigenvalue weighted by Crippen LogP contribution is 2.74. The van der Waals surface area contributed by atoms with Crippen molar-refractivity contribution in [2.45, 2.75) is 154 Å². The number of halogens is 4. The first kappa shape index (κ1) is 49.8. The molecule has 3 N–H and O–H groups in total. The molecule has 0 spiro atoms. The number of alkyl halides is 4. The van der Waals surface area contributed by atoms with Crippen LogP contribution in [-0.2, 0) is 38.2 Å². The number of carbonyl (C=O) groups is 6. The van der Waals surface area contributed by atoms with Crippen molar-refractivity contribution >= 4 is 58.4 Å². The minimum atomic E-state index is -2.29. The largest absolute Gasteiger partial charge is 0.449 e. The maximum Gasteiger partial charge on any atom is 0.306 e. The second-order valence-electron chi connectivity index (χ2n) is 20.8. The molecule has 65 heavy (non-hydrogen) atoms. The number of hydrogen-bond donors (Lipinski definition) is 4. The number of ether oxygens (including phenoxy) is 2. The average molecular weight is 953 g/mol. The van der Waals surface area contributed by atoms with Gasteiger partial charge in [-0.3, -0.25) is 28.8 Å². The fourth-order valence-electron chi connectivity index (χ4n) is 15.0. The lowest BCUT2D eigenvalue weighted by Crippen LogP contribution is -2.70. The van der Waals surface area contributed by atoms with E-state index in [1.807, 2.05) is 0 Å². The smallest absolute Gasteiger partial charge is 0.306 e.